The van der Waals surface area contributed by atoms with Crippen LogP contribution in [0.15, 0.2) is 34.7 Å². The summed E-state index contributed by atoms with van der Waals surface area (Å²) in [7, 11) is 1.46. The van der Waals surface area contributed by atoms with Gasteiger partial charge in [0, 0.05) is 12.5 Å². The molecule has 1 saturated heterocycles. The van der Waals surface area contributed by atoms with Crippen molar-refractivity contribution in [3.05, 3.63) is 29.2 Å². The molecule has 2 aliphatic heterocycles. The molecule has 1 aromatic rings. The maximum Gasteiger partial charge on any atom is 0.354 e. The van der Waals surface area contributed by atoms with Crippen molar-refractivity contribution in [3.8, 4) is 5.75 Å². The molecule has 0 radical (unpaired) electrons. The van der Waals surface area contributed by atoms with Crippen molar-refractivity contribution in [1.29, 1.82) is 0 Å². The molecule has 10 heteroatoms. The number of hydrazone groups is 1. The van der Waals surface area contributed by atoms with E-state index in [9.17, 15) is 19.3 Å². The molecule has 1 fully saturated rings. The predicted molar refractivity (Wildman–Crippen MR) is 89.2 cm³/mol. The van der Waals surface area contributed by atoms with Crippen LogP contribution in [0.1, 0.15) is 19.8 Å². The van der Waals surface area contributed by atoms with Crippen molar-refractivity contribution in [2.45, 2.75) is 25.3 Å². The lowest BCUT2D eigenvalue weighted by molar-refractivity contribution is -0.135. The fourth-order valence-electron chi connectivity index (χ4n) is 3.05. The number of nitrogens with zero attached hydrogens (tertiary/aromatic N) is 4. The average Bonchev–Trinajstić information content (AvgIpc) is 3.13. The molecule has 2 aliphatic rings. The minimum absolute atomic E-state index is 0.113. The van der Waals surface area contributed by atoms with E-state index in [-0.39, 0.29) is 25.2 Å². The zero-order chi connectivity index (χ0) is 18.9. The molecule has 0 aromatic heterocycles. The summed E-state index contributed by atoms with van der Waals surface area (Å²) in [6.07, 6.45) is -0.566. The lowest BCUT2D eigenvalue weighted by Gasteiger charge is -2.24. The second-order valence-electron chi connectivity index (χ2n) is 5.76. The van der Waals surface area contributed by atoms with E-state index in [0.29, 0.717) is 16.6 Å². The van der Waals surface area contributed by atoms with Crippen LogP contribution in [0.4, 0.5) is 5.69 Å². The first-order valence-corrected chi connectivity index (χ1v) is 7.86. The third-order valence-electron chi connectivity index (χ3n) is 4.25. The summed E-state index contributed by atoms with van der Waals surface area (Å²) in [4.78, 5) is 49.6. The third kappa shape index (κ3) is 2.59. The van der Waals surface area contributed by atoms with E-state index in [0.717, 1.165) is 4.90 Å². The summed E-state index contributed by atoms with van der Waals surface area (Å²) in [5.41, 5.74) is -1.48. The molecule has 1 aromatic carbocycles. The number of carbonyl (C=O) groups excluding carboxylic acids is 3. The Kier molecular flexibility index (Phi) is 4.41. The Morgan fingerprint density at radius 1 is 1.35 bits per heavy atom. The molecule has 0 unspecified atom stereocenters. The number of methoxy groups -OCH3 is 1. The second kappa shape index (κ2) is 6.54. The molecular weight excluding hydrogens is 344 g/mol. The molecule has 0 aliphatic carbocycles. The Morgan fingerprint density at radius 2 is 2.12 bits per heavy atom. The molecular formula is C16H16N4O6. The molecule has 10 nitrogen and oxygen atoms in total. The Labute approximate surface area is 148 Å². The van der Waals surface area contributed by atoms with Gasteiger partial charge in [-0.1, -0.05) is 6.07 Å². The van der Waals surface area contributed by atoms with Gasteiger partial charge in [0.25, 0.3) is 5.91 Å². The van der Waals surface area contributed by atoms with Crippen LogP contribution in [0.5, 0.6) is 5.75 Å². The van der Waals surface area contributed by atoms with Crippen LogP contribution < -0.4 is 9.64 Å². The highest BCUT2D eigenvalue weighted by Gasteiger charge is 2.61. The third-order valence-corrected chi connectivity index (χ3v) is 4.25. The van der Waals surface area contributed by atoms with Crippen molar-refractivity contribution < 1.29 is 23.9 Å². The van der Waals surface area contributed by atoms with E-state index >= 15 is 0 Å². The number of ether oxygens (including phenoxy) is 2. The predicted octanol–water partition coefficient (Wildman–Crippen LogP) is 1.00. The number of anilines is 1. The average molecular weight is 360 g/mol. The van der Waals surface area contributed by atoms with Crippen LogP contribution >= 0.6 is 0 Å². The molecule has 3 rings (SSSR count). The summed E-state index contributed by atoms with van der Waals surface area (Å²) >= 11 is 0. The van der Waals surface area contributed by atoms with Gasteiger partial charge in [0.2, 0.25) is 5.91 Å². The van der Waals surface area contributed by atoms with E-state index in [1.807, 2.05) is 0 Å². The number of rotatable bonds is 5. The van der Waals surface area contributed by atoms with Gasteiger partial charge in [-0.3, -0.25) is 9.59 Å². The van der Waals surface area contributed by atoms with Crippen molar-refractivity contribution in [1.82, 2.24) is 5.12 Å². The lowest BCUT2D eigenvalue weighted by Crippen LogP contribution is -2.48. The summed E-state index contributed by atoms with van der Waals surface area (Å²) in [5, 5.41) is 7.10. The zero-order valence-corrected chi connectivity index (χ0v) is 14.2. The number of esters is 1. The van der Waals surface area contributed by atoms with Gasteiger partial charge in [-0.05, 0) is 19.1 Å². The standard InChI is InChI=1S/C16H16N4O6/c1-3-26-14(22)12-8-16(20(17-12)18-24)9-13(21)19(15(16)23)10-5-4-6-11(7-10)25-2/h4-7H,3,8-9H2,1-2H3/t16-/m0/s1. The minimum atomic E-state index is -1.65. The fraction of sp³-hybridized carbons (Fsp3) is 0.375. The Bertz CT molecular complexity index is 823. The lowest BCUT2D eigenvalue weighted by atomic mass is 9.92. The SMILES string of the molecule is CCOC(=O)C1=NN(N=O)[C@]2(CC(=O)N(c3cccc(OC)c3)C2=O)C1. The summed E-state index contributed by atoms with van der Waals surface area (Å²) in [5.74, 6) is -1.50. The van der Waals surface area contributed by atoms with Crippen LogP contribution in [-0.4, -0.2) is 47.9 Å². The van der Waals surface area contributed by atoms with Crippen LogP contribution in [0, 0.1) is 4.91 Å². The second-order valence-corrected chi connectivity index (χ2v) is 5.76. The van der Waals surface area contributed by atoms with Gasteiger partial charge < -0.3 is 9.47 Å². The number of nitroso groups, excluding NO2 is 1. The van der Waals surface area contributed by atoms with Gasteiger partial charge in [0.05, 0.1) is 31.1 Å². The van der Waals surface area contributed by atoms with Gasteiger partial charge in [-0.2, -0.15) is 0 Å². The van der Waals surface area contributed by atoms with Crippen LogP contribution in [-0.2, 0) is 19.1 Å². The first-order chi connectivity index (χ1) is 12.5. The Morgan fingerprint density at radius 3 is 2.77 bits per heavy atom. The van der Waals surface area contributed by atoms with Crippen molar-refractivity contribution in [3.63, 3.8) is 0 Å². The minimum Gasteiger partial charge on any atom is -0.497 e. The summed E-state index contributed by atoms with van der Waals surface area (Å²) < 4.78 is 9.97. The quantitative estimate of drug-likeness (QED) is 0.437. The number of benzene rings is 1. The van der Waals surface area contributed by atoms with E-state index in [1.54, 1.807) is 25.1 Å². The van der Waals surface area contributed by atoms with Crippen molar-refractivity contribution in [2.24, 2.45) is 10.4 Å². The van der Waals surface area contributed by atoms with E-state index in [2.05, 4.69) is 10.4 Å². The van der Waals surface area contributed by atoms with Gasteiger partial charge in [-0.25, -0.2) is 9.69 Å². The maximum absolute atomic E-state index is 13.0. The molecule has 1 spiro atoms. The largest absolute Gasteiger partial charge is 0.497 e. The summed E-state index contributed by atoms with van der Waals surface area (Å²) in [6, 6.07) is 6.39. The monoisotopic (exact) mass is 360 g/mol. The fourth-order valence-corrected chi connectivity index (χ4v) is 3.05. The van der Waals surface area contributed by atoms with Gasteiger partial charge in [-0.15, -0.1) is 15.1 Å². The molecule has 1 atom stereocenters. The highest BCUT2D eigenvalue weighted by atomic mass is 16.5. The molecule has 0 bridgehead atoms. The van der Waals surface area contributed by atoms with Crippen molar-refractivity contribution in [2.75, 3.05) is 18.6 Å². The molecule has 136 valence electrons. The van der Waals surface area contributed by atoms with Gasteiger partial charge >= 0.3 is 5.97 Å². The van der Waals surface area contributed by atoms with E-state index < -0.39 is 23.3 Å². The van der Waals surface area contributed by atoms with Gasteiger partial charge in [0.15, 0.2) is 11.3 Å². The van der Waals surface area contributed by atoms with E-state index in [1.165, 1.54) is 13.2 Å². The zero-order valence-electron chi connectivity index (χ0n) is 14.2. The number of imide groups is 1. The molecule has 26 heavy (non-hydrogen) atoms. The Balaban J connectivity index is 1.95. The number of amides is 2. The van der Waals surface area contributed by atoms with E-state index in [4.69, 9.17) is 9.47 Å². The summed E-state index contributed by atoms with van der Waals surface area (Å²) in [6.45, 7) is 1.73. The van der Waals surface area contributed by atoms with Crippen LogP contribution in [0.3, 0.4) is 0 Å². The Hall–Kier alpha value is -3.30. The first kappa shape index (κ1) is 17.5. The molecule has 2 amide bonds. The van der Waals surface area contributed by atoms with Crippen LogP contribution in [0.2, 0.25) is 0 Å². The number of hydrogen-bond acceptors (Lipinski definition) is 8. The highest BCUT2D eigenvalue weighted by molar-refractivity contribution is 6.39. The maximum atomic E-state index is 13.0. The first-order valence-electron chi connectivity index (χ1n) is 7.86. The van der Waals surface area contributed by atoms with Gasteiger partial charge in [0.1, 0.15) is 5.75 Å². The normalized spacial score (nSPS) is 22.0. The number of carbonyl (C=O) groups is 3. The number of hydrogen-bond donors (Lipinski definition) is 0. The highest BCUT2D eigenvalue weighted by Crippen LogP contribution is 2.41. The van der Waals surface area contributed by atoms with Crippen molar-refractivity contribution >= 4 is 29.2 Å². The topological polar surface area (TPSA) is 118 Å². The molecule has 0 N–H and O–H groups in total. The van der Waals surface area contributed by atoms with Crippen LogP contribution in [0.25, 0.3) is 0 Å². The smallest absolute Gasteiger partial charge is 0.354 e. The molecule has 2 heterocycles. The molecule has 0 saturated carbocycles.